The van der Waals surface area contributed by atoms with Crippen LogP contribution in [0.3, 0.4) is 0 Å². The molecule has 0 bridgehead atoms. The lowest BCUT2D eigenvalue weighted by Gasteiger charge is -2.25. The quantitative estimate of drug-likeness (QED) is 0.708. The zero-order chi connectivity index (χ0) is 12.0. The standard InChI is InChI=1S/C11H20N2O2S/c1-2-4-9(10(12)16)11(14)13-8-5-3-6-15-7-8/h8-9H,2-7H2,1H3,(H2,12,16)(H,13,14). The first-order valence-corrected chi connectivity index (χ1v) is 6.23. The first-order valence-electron chi connectivity index (χ1n) is 5.82. The van der Waals surface area contributed by atoms with Gasteiger partial charge in [-0.2, -0.15) is 0 Å². The normalized spacial score (nSPS) is 22.4. The van der Waals surface area contributed by atoms with Crippen molar-refractivity contribution in [1.82, 2.24) is 5.32 Å². The van der Waals surface area contributed by atoms with Gasteiger partial charge in [0.2, 0.25) is 5.91 Å². The monoisotopic (exact) mass is 244 g/mol. The summed E-state index contributed by atoms with van der Waals surface area (Å²) < 4.78 is 5.30. The van der Waals surface area contributed by atoms with Crippen LogP contribution in [0.25, 0.3) is 0 Å². The minimum absolute atomic E-state index is 0.0511. The zero-order valence-electron chi connectivity index (χ0n) is 9.70. The molecule has 16 heavy (non-hydrogen) atoms. The summed E-state index contributed by atoms with van der Waals surface area (Å²) in [7, 11) is 0. The van der Waals surface area contributed by atoms with Gasteiger partial charge in [-0.15, -0.1) is 0 Å². The Kier molecular flexibility index (Phi) is 5.69. The van der Waals surface area contributed by atoms with Crippen molar-refractivity contribution >= 4 is 23.1 Å². The molecule has 0 aromatic heterocycles. The molecule has 92 valence electrons. The van der Waals surface area contributed by atoms with Crippen molar-refractivity contribution < 1.29 is 9.53 Å². The van der Waals surface area contributed by atoms with E-state index in [4.69, 9.17) is 22.7 Å². The van der Waals surface area contributed by atoms with E-state index in [0.717, 1.165) is 32.3 Å². The molecule has 0 aliphatic carbocycles. The zero-order valence-corrected chi connectivity index (χ0v) is 10.5. The number of nitrogens with one attached hydrogen (secondary N) is 1. The van der Waals surface area contributed by atoms with Gasteiger partial charge in [-0.05, 0) is 19.3 Å². The van der Waals surface area contributed by atoms with Gasteiger partial charge in [0.25, 0.3) is 0 Å². The van der Waals surface area contributed by atoms with Gasteiger partial charge >= 0.3 is 0 Å². The van der Waals surface area contributed by atoms with Crippen molar-refractivity contribution in [3.8, 4) is 0 Å². The molecule has 1 aliphatic rings. The van der Waals surface area contributed by atoms with Gasteiger partial charge in [0.05, 0.1) is 23.6 Å². The Morgan fingerprint density at radius 3 is 2.94 bits per heavy atom. The molecule has 2 unspecified atom stereocenters. The number of ether oxygens (including phenoxy) is 1. The lowest BCUT2D eigenvalue weighted by Crippen LogP contribution is -2.46. The van der Waals surface area contributed by atoms with Gasteiger partial charge in [-0.3, -0.25) is 4.79 Å². The van der Waals surface area contributed by atoms with Crippen molar-refractivity contribution in [1.29, 1.82) is 0 Å². The fourth-order valence-corrected chi connectivity index (χ4v) is 2.07. The van der Waals surface area contributed by atoms with E-state index in [2.05, 4.69) is 5.32 Å². The predicted molar refractivity (Wildman–Crippen MR) is 67.2 cm³/mol. The second kappa shape index (κ2) is 6.81. The van der Waals surface area contributed by atoms with Gasteiger partial charge in [-0.1, -0.05) is 25.6 Å². The van der Waals surface area contributed by atoms with E-state index in [-0.39, 0.29) is 22.9 Å². The van der Waals surface area contributed by atoms with Gasteiger partial charge in [0.15, 0.2) is 0 Å². The number of hydrogen-bond acceptors (Lipinski definition) is 3. The average molecular weight is 244 g/mol. The van der Waals surface area contributed by atoms with E-state index in [1.165, 1.54) is 0 Å². The summed E-state index contributed by atoms with van der Waals surface area (Å²) in [6, 6.07) is 0.120. The maximum Gasteiger partial charge on any atom is 0.230 e. The summed E-state index contributed by atoms with van der Waals surface area (Å²) in [5.41, 5.74) is 5.57. The lowest BCUT2D eigenvalue weighted by molar-refractivity contribution is -0.124. The molecule has 0 saturated carbocycles. The van der Waals surface area contributed by atoms with Crippen molar-refractivity contribution in [2.24, 2.45) is 11.7 Å². The molecule has 0 aromatic rings. The summed E-state index contributed by atoms with van der Waals surface area (Å²) >= 11 is 4.91. The third kappa shape index (κ3) is 4.06. The Labute approximate surface area is 102 Å². The van der Waals surface area contributed by atoms with Crippen LogP contribution in [0.1, 0.15) is 32.6 Å². The van der Waals surface area contributed by atoms with E-state index in [0.29, 0.717) is 6.61 Å². The summed E-state index contributed by atoms with van der Waals surface area (Å²) in [5.74, 6) is -0.383. The summed E-state index contributed by atoms with van der Waals surface area (Å²) in [5, 5.41) is 2.95. The molecule has 0 radical (unpaired) electrons. The van der Waals surface area contributed by atoms with Crippen LogP contribution in [0.2, 0.25) is 0 Å². The first-order chi connectivity index (χ1) is 7.65. The number of rotatable bonds is 5. The van der Waals surface area contributed by atoms with Crippen LogP contribution >= 0.6 is 12.2 Å². The third-order valence-corrected chi connectivity index (χ3v) is 3.03. The molecule has 1 rings (SSSR count). The van der Waals surface area contributed by atoms with Crippen molar-refractivity contribution in [3.05, 3.63) is 0 Å². The minimum Gasteiger partial charge on any atom is -0.393 e. The van der Waals surface area contributed by atoms with Crippen LogP contribution in [-0.4, -0.2) is 30.2 Å². The highest BCUT2D eigenvalue weighted by molar-refractivity contribution is 7.80. The topological polar surface area (TPSA) is 64.3 Å². The van der Waals surface area contributed by atoms with Crippen molar-refractivity contribution in [3.63, 3.8) is 0 Å². The fraction of sp³-hybridized carbons (Fsp3) is 0.818. The highest BCUT2D eigenvalue weighted by atomic mass is 32.1. The number of amides is 1. The molecule has 1 amide bonds. The minimum atomic E-state index is -0.332. The molecule has 0 spiro atoms. The average Bonchev–Trinajstić information content (AvgIpc) is 2.26. The van der Waals surface area contributed by atoms with Crippen LogP contribution < -0.4 is 11.1 Å². The highest BCUT2D eigenvalue weighted by Crippen LogP contribution is 2.10. The number of carbonyl (C=O) groups excluding carboxylic acids is 1. The van der Waals surface area contributed by atoms with Crippen molar-refractivity contribution in [2.45, 2.75) is 38.6 Å². The number of carbonyl (C=O) groups is 1. The predicted octanol–water partition coefficient (Wildman–Crippen LogP) is 0.984. The van der Waals surface area contributed by atoms with Crippen LogP contribution in [0.5, 0.6) is 0 Å². The Balaban J connectivity index is 2.44. The SMILES string of the molecule is CCCC(C(=O)NC1CCCOC1)C(N)=S. The van der Waals surface area contributed by atoms with E-state index >= 15 is 0 Å². The molecule has 1 saturated heterocycles. The second-order valence-electron chi connectivity index (χ2n) is 4.17. The Bertz CT molecular complexity index is 252. The molecule has 0 aromatic carbocycles. The maximum atomic E-state index is 11.9. The molecule has 1 fully saturated rings. The van der Waals surface area contributed by atoms with Gasteiger partial charge in [-0.25, -0.2) is 0 Å². The summed E-state index contributed by atoms with van der Waals surface area (Å²) in [4.78, 5) is 12.2. The fourth-order valence-electron chi connectivity index (χ4n) is 1.85. The number of nitrogens with two attached hydrogens (primary N) is 1. The number of hydrogen-bond donors (Lipinski definition) is 2. The molecular formula is C11H20N2O2S. The largest absolute Gasteiger partial charge is 0.393 e. The summed E-state index contributed by atoms with van der Waals surface area (Å²) in [6.45, 7) is 3.41. The second-order valence-corrected chi connectivity index (χ2v) is 4.64. The molecule has 1 aliphatic heterocycles. The lowest BCUT2D eigenvalue weighted by atomic mass is 10.0. The molecule has 4 nitrogen and oxygen atoms in total. The number of thiocarbonyl (C=S) groups is 1. The van der Waals surface area contributed by atoms with Crippen molar-refractivity contribution in [2.75, 3.05) is 13.2 Å². The molecule has 3 N–H and O–H groups in total. The molecule has 2 atom stereocenters. The molecule has 5 heteroatoms. The van der Waals surface area contributed by atoms with E-state index in [1.54, 1.807) is 0 Å². The van der Waals surface area contributed by atoms with Gasteiger partial charge in [0.1, 0.15) is 0 Å². The Morgan fingerprint density at radius 1 is 1.69 bits per heavy atom. The third-order valence-electron chi connectivity index (χ3n) is 2.74. The van der Waals surface area contributed by atoms with E-state index in [9.17, 15) is 4.79 Å². The van der Waals surface area contributed by atoms with Crippen LogP contribution in [0.4, 0.5) is 0 Å². The Hall–Kier alpha value is -0.680. The summed E-state index contributed by atoms with van der Waals surface area (Å²) in [6.07, 6.45) is 3.59. The van der Waals surface area contributed by atoms with Crippen LogP contribution in [0, 0.1) is 5.92 Å². The highest BCUT2D eigenvalue weighted by Gasteiger charge is 2.24. The Morgan fingerprint density at radius 2 is 2.44 bits per heavy atom. The van der Waals surface area contributed by atoms with Crippen LogP contribution in [0.15, 0.2) is 0 Å². The van der Waals surface area contributed by atoms with Gasteiger partial charge < -0.3 is 15.8 Å². The van der Waals surface area contributed by atoms with E-state index in [1.807, 2.05) is 6.92 Å². The van der Waals surface area contributed by atoms with Crippen LogP contribution in [-0.2, 0) is 9.53 Å². The maximum absolute atomic E-state index is 11.9. The first kappa shape index (κ1) is 13.4. The van der Waals surface area contributed by atoms with E-state index < -0.39 is 0 Å². The molecule has 1 heterocycles. The smallest absolute Gasteiger partial charge is 0.230 e. The molecular weight excluding hydrogens is 224 g/mol. The van der Waals surface area contributed by atoms with Gasteiger partial charge in [0, 0.05) is 6.61 Å².